The number of carbonyl (C=O) groups excluding carboxylic acids is 2. The molecule has 0 saturated carbocycles. The number of carbonyl (C=O) groups is 2. The lowest BCUT2D eigenvalue weighted by atomic mass is 9.94. The number of hydrogen-bond acceptors (Lipinski definition) is 5. The highest BCUT2D eigenvalue weighted by Gasteiger charge is 2.47. The Kier molecular flexibility index (Phi) is 5.34. The van der Waals surface area contributed by atoms with Crippen molar-refractivity contribution in [1.82, 2.24) is 4.90 Å². The fourth-order valence-corrected chi connectivity index (χ4v) is 4.60. The zero-order valence-corrected chi connectivity index (χ0v) is 16.7. The molecule has 7 heteroatoms. The number of amides is 1. The van der Waals surface area contributed by atoms with E-state index in [0.717, 1.165) is 16.5 Å². The Morgan fingerprint density at radius 3 is 2.80 bits per heavy atom. The smallest absolute Gasteiger partial charge is 0.338 e. The largest absolute Gasteiger partial charge is 0.463 e. The number of aliphatic imine (C=N–C) groups is 1. The maximum absolute atomic E-state index is 12.9. The maximum Gasteiger partial charge on any atom is 0.338 e. The van der Waals surface area contributed by atoms with Gasteiger partial charge in [0.1, 0.15) is 0 Å². The minimum atomic E-state index is -0.513. The van der Waals surface area contributed by atoms with Crippen LogP contribution in [0, 0.1) is 0 Å². The van der Waals surface area contributed by atoms with Crippen molar-refractivity contribution in [3.8, 4) is 0 Å². The minimum Gasteiger partial charge on any atom is -0.463 e. The van der Waals surface area contributed by atoms with Gasteiger partial charge in [0.15, 0.2) is 5.17 Å². The molecule has 2 aliphatic rings. The third-order valence-corrected chi connectivity index (χ3v) is 5.99. The van der Waals surface area contributed by atoms with Crippen LogP contribution in [0.25, 0.3) is 0 Å². The fraction of sp³-hybridized carbons (Fsp3) is 0.389. The van der Waals surface area contributed by atoms with Crippen molar-refractivity contribution in [2.75, 3.05) is 6.61 Å². The number of allylic oxidation sites excluding steroid dienone is 1. The van der Waals surface area contributed by atoms with E-state index in [0.29, 0.717) is 16.4 Å². The summed E-state index contributed by atoms with van der Waals surface area (Å²) in [6.45, 7) is 5.82. The van der Waals surface area contributed by atoms with Gasteiger partial charge in [-0.3, -0.25) is 9.69 Å². The SMILES string of the molecule is CCOC(=O)C1=C(C)N=C2S[C@@H](CC)C(=O)N2[C@H]1c1cccc(Br)c1. The number of benzene rings is 1. The molecule has 132 valence electrons. The van der Waals surface area contributed by atoms with Crippen LogP contribution in [0.4, 0.5) is 0 Å². The standard InChI is InChI=1S/C18H19BrN2O3S/c1-4-13-16(22)21-15(11-7-6-8-12(19)9-11)14(17(23)24-5-2)10(3)20-18(21)25-13/h6-9,13,15H,4-5H2,1-3H3/t13-,15-/m0/s1. The molecule has 1 aromatic carbocycles. The molecule has 25 heavy (non-hydrogen) atoms. The van der Waals surface area contributed by atoms with Crippen LogP contribution >= 0.6 is 27.7 Å². The molecule has 2 heterocycles. The van der Waals surface area contributed by atoms with E-state index >= 15 is 0 Å². The summed E-state index contributed by atoms with van der Waals surface area (Å²) in [6.07, 6.45) is 0.720. The van der Waals surface area contributed by atoms with Crippen molar-refractivity contribution >= 4 is 44.7 Å². The highest BCUT2D eigenvalue weighted by molar-refractivity contribution is 9.10. The average Bonchev–Trinajstić information content (AvgIpc) is 2.89. The van der Waals surface area contributed by atoms with Crippen LogP contribution in [0.3, 0.4) is 0 Å². The molecule has 0 aliphatic carbocycles. The van der Waals surface area contributed by atoms with E-state index in [1.54, 1.807) is 18.7 Å². The first-order valence-corrected chi connectivity index (χ1v) is 9.86. The number of esters is 1. The topological polar surface area (TPSA) is 59.0 Å². The zero-order chi connectivity index (χ0) is 18.1. The molecule has 0 unspecified atom stereocenters. The third-order valence-electron chi connectivity index (χ3n) is 4.18. The predicted molar refractivity (Wildman–Crippen MR) is 102 cm³/mol. The number of hydrogen-bond donors (Lipinski definition) is 0. The Labute approximate surface area is 159 Å². The second-order valence-electron chi connectivity index (χ2n) is 5.79. The van der Waals surface area contributed by atoms with Crippen molar-refractivity contribution in [3.05, 3.63) is 45.6 Å². The second kappa shape index (κ2) is 7.33. The van der Waals surface area contributed by atoms with E-state index in [1.165, 1.54) is 11.8 Å². The van der Waals surface area contributed by atoms with Gasteiger partial charge in [0, 0.05) is 4.47 Å². The van der Waals surface area contributed by atoms with Gasteiger partial charge in [-0.2, -0.15) is 0 Å². The van der Waals surface area contributed by atoms with Crippen molar-refractivity contribution in [2.24, 2.45) is 4.99 Å². The van der Waals surface area contributed by atoms with Crippen LogP contribution in [0.1, 0.15) is 38.8 Å². The van der Waals surface area contributed by atoms with Crippen molar-refractivity contribution in [2.45, 2.75) is 38.5 Å². The van der Waals surface area contributed by atoms with Gasteiger partial charge in [0.05, 0.1) is 29.2 Å². The van der Waals surface area contributed by atoms with Crippen molar-refractivity contribution in [1.29, 1.82) is 0 Å². The molecule has 0 bridgehead atoms. The highest BCUT2D eigenvalue weighted by Crippen LogP contribution is 2.44. The van der Waals surface area contributed by atoms with Crippen molar-refractivity contribution in [3.63, 3.8) is 0 Å². The molecule has 5 nitrogen and oxygen atoms in total. The summed E-state index contributed by atoms with van der Waals surface area (Å²) in [4.78, 5) is 31.7. The molecular formula is C18H19BrN2O3S. The summed E-state index contributed by atoms with van der Waals surface area (Å²) >= 11 is 4.94. The summed E-state index contributed by atoms with van der Waals surface area (Å²) < 4.78 is 6.14. The van der Waals surface area contributed by atoms with Crippen LogP contribution < -0.4 is 0 Å². The van der Waals surface area contributed by atoms with Crippen LogP contribution in [-0.4, -0.2) is 33.8 Å². The van der Waals surface area contributed by atoms with Gasteiger partial charge in [-0.25, -0.2) is 9.79 Å². The first kappa shape index (κ1) is 18.2. The summed E-state index contributed by atoms with van der Waals surface area (Å²) in [7, 11) is 0. The zero-order valence-electron chi connectivity index (χ0n) is 14.3. The molecule has 1 fully saturated rings. The van der Waals surface area contributed by atoms with Crippen LogP contribution in [0.5, 0.6) is 0 Å². The Morgan fingerprint density at radius 1 is 1.40 bits per heavy atom. The Bertz CT molecular complexity index is 790. The predicted octanol–water partition coefficient (Wildman–Crippen LogP) is 4.05. The lowest BCUT2D eigenvalue weighted by molar-refractivity contribution is -0.139. The van der Waals surface area contributed by atoms with E-state index < -0.39 is 12.0 Å². The lowest BCUT2D eigenvalue weighted by Gasteiger charge is -2.33. The first-order valence-electron chi connectivity index (χ1n) is 8.19. The quantitative estimate of drug-likeness (QED) is 0.686. The Balaban J connectivity index is 2.15. The highest BCUT2D eigenvalue weighted by atomic mass is 79.9. The Hall–Kier alpha value is -1.60. The summed E-state index contributed by atoms with van der Waals surface area (Å²) in [5.41, 5.74) is 1.89. The van der Waals surface area contributed by atoms with Gasteiger partial charge < -0.3 is 4.74 Å². The molecule has 3 rings (SSSR count). The van der Waals surface area contributed by atoms with E-state index in [4.69, 9.17) is 4.74 Å². The van der Waals surface area contributed by atoms with E-state index in [9.17, 15) is 9.59 Å². The molecule has 2 aliphatic heterocycles. The molecule has 1 amide bonds. The summed E-state index contributed by atoms with van der Waals surface area (Å²) in [5.74, 6) is -0.434. The molecule has 0 N–H and O–H groups in total. The van der Waals surface area contributed by atoms with Gasteiger partial charge >= 0.3 is 5.97 Å². The Morgan fingerprint density at radius 2 is 2.16 bits per heavy atom. The molecular weight excluding hydrogens is 404 g/mol. The number of halogens is 1. The fourth-order valence-electron chi connectivity index (χ4n) is 3.05. The second-order valence-corrected chi connectivity index (χ2v) is 7.88. The number of thioether (sulfide) groups is 1. The summed E-state index contributed by atoms with van der Waals surface area (Å²) in [5, 5.41) is 0.495. The number of fused-ring (bicyclic) bond motifs is 1. The third kappa shape index (κ3) is 3.27. The van der Waals surface area contributed by atoms with Crippen molar-refractivity contribution < 1.29 is 14.3 Å². The number of nitrogens with zero attached hydrogens (tertiary/aromatic N) is 2. The lowest BCUT2D eigenvalue weighted by Crippen LogP contribution is -2.40. The van der Waals surface area contributed by atoms with E-state index in [2.05, 4.69) is 20.9 Å². The molecule has 1 aromatic rings. The maximum atomic E-state index is 12.9. The monoisotopic (exact) mass is 422 g/mol. The van der Waals surface area contributed by atoms with Gasteiger partial charge in [0.25, 0.3) is 0 Å². The molecule has 2 atom stereocenters. The van der Waals surface area contributed by atoms with E-state index in [1.807, 2.05) is 31.2 Å². The summed E-state index contributed by atoms with van der Waals surface area (Å²) in [6, 6.07) is 7.14. The normalized spacial score (nSPS) is 22.8. The molecule has 0 radical (unpaired) electrons. The van der Waals surface area contributed by atoms with Gasteiger partial charge in [-0.1, -0.05) is 46.7 Å². The van der Waals surface area contributed by atoms with Crippen LogP contribution in [0.15, 0.2) is 45.0 Å². The van der Waals surface area contributed by atoms with Crippen LogP contribution in [0.2, 0.25) is 0 Å². The number of ether oxygens (including phenoxy) is 1. The molecule has 1 saturated heterocycles. The van der Waals surface area contributed by atoms with Gasteiger partial charge in [-0.15, -0.1) is 0 Å². The minimum absolute atomic E-state index is 0.00877. The number of rotatable bonds is 4. The molecule has 0 aromatic heterocycles. The average molecular weight is 423 g/mol. The van der Waals surface area contributed by atoms with Crippen LogP contribution in [-0.2, 0) is 14.3 Å². The number of amidine groups is 1. The van der Waals surface area contributed by atoms with E-state index in [-0.39, 0.29) is 17.8 Å². The van der Waals surface area contributed by atoms with Gasteiger partial charge in [0.2, 0.25) is 5.91 Å². The van der Waals surface area contributed by atoms with Gasteiger partial charge in [-0.05, 0) is 38.0 Å². The first-order chi connectivity index (χ1) is 12.0. The molecule has 0 spiro atoms.